The number of para-hydroxylation sites is 1. The molecule has 0 radical (unpaired) electrons. The minimum absolute atomic E-state index is 0.368. The highest BCUT2D eigenvalue weighted by molar-refractivity contribution is 6.12. The smallest absolute Gasteiger partial charge is 0.267 e. The molecule has 0 bridgehead atoms. The van der Waals surface area contributed by atoms with E-state index < -0.39 is 12.1 Å². The molecule has 2 amide bonds. The van der Waals surface area contributed by atoms with Gasteiger partial charge in [0.05, 0.1) is 12.7 Å². The third kappa shape index (κ3) is 3.11. The molecule has 0 saturated heterocycles. The summed E-state index contributed by atoms with van der Waals surface area (Å²) >= 11 is 0. The van der Waals surface area contributed by atoms with E-state index >= 15 is 0 Å². The van der Waals surface area contributed by atoms with Crippen LogP contribution in [0.3, 0.4) is 0 Å². The van der Waals surface area contributed by atoms with Gasteiger partial charge in [0, 0.05) is 11.1 Å². The van der Waals surface area contributed by atoms with Crippen molar-refractivity contribution >= 4 is 11.8 Å². The number of fused-ring (bicyclic) bond motifs is 1. The first-order chi connectivity index (χ1) is 13.6. The quantitative estimate of drug-likeness (QED) is 0.640. The fourth-order valence-electron chi connectivity index (χ4n) is 3.17. The molecule has 1 heterocycles. The molecule has 28 heavy (non-hydrogen) atoms. The predicted molar refractivity (Wildman–Crippen MR) is 104 cm³/mol. The molecule has 0 fully saturated rings. The van der Waals surface area contributed by atoms with Crippen molar-refractivity contribution < 1.29 is 19.1 Å². The van der Waals surface area contributed by atoms with E-state index in [9.17, 15) is 9.59 Å². The highest BCUT2D eigenvalue weighted by Gasteiger charge is 2.39. The molecule has 5 nitrogen and oxygen atoms in total. The molecule has 3 aromatic rings. The summed E-state index contributed by atoms with van der Waals surface area (Å²) in [7, 11) is 1.58. The number of aryl methyl sites for hydroxylation is 1. The Kier molecular flexibility index (Phi) is 4.57. The molecule has 5 heteroatoms. The number of methoxy groups -OCH3 is 1. The van der Waals surface area contributed by atoms with Gasteiger partial charge in [0.25, 0.3) is 11.8 Å². The van der Waals surface area contributed by atoms with Gasteiger partial charge in [-0.05, 0) is 55.5 Å². The van der Waals surface area contributed by atoms with Crippen LogP contribution in [0.5, 0.6) is 11.5 Å². The zero-order chi connectivity index (χ0) is 19.7. The molecule has 0 spiro atoms. The van der Waals surface area contributed by atoms with E-state index in [1.807, 2.05) is 19.1 Å². The summed E-state index contributed by atoms with van der Waals surface area (Å²) in [6.07, 6.45) is -0.859. The maximum Gasteiger partial charge on any atom is 0.267 e. The molecule has 0 N–H and O–H groups in total. The third-order valence-electron chi connectivity index (χ3n) is 4.73. The van der Waals surface area contributed by atoms with E-state index in [4.69, 9.17) is 9.47 Å². The number of nitrogens with zero attached hydrogens (tertiary/aromatic N) is 1. The number of hydrogen-bond donors (Lipinski definition) is 0. The summed E-state index contributed by atoms with van der Waals surface area (Å²) in [4.78, 5) is 27.6. The van der Waals surface area contributed by atoms with Gasteiger partial charge in [0.15, 0.2) is 0 Å². The highest BCUT2D eigenvalue weighted by Crippen LogP contribution is 2.36. The Bertz CT molecular complexity index is 1030. The monoisotopic (exact) mass is 373 g/mol. The minimum Gasteiger partial charge on any atom is -0.497 e. The number of carbonyl (C=O) groups is 2. The predicted octanol–water partition coefficient (Wildman–Crippen LogP) is 4.38. The van der Waals surface area contributed by atoms with Crippen LogP contribution in [0.15, 0.2) is 72.8 Å². The van der Waals surface area contributed by atoms with Crippen molar-refractivity contribution in [1.82, 2.24) is 4.90 Å². The van der Waals surface area contributed by atoms with Gasteiger partial charge in [-0.25, -0.2) is 4.90 Å². The second-order valence-electron chi connectivity index (χ2n) is 6.59. The lowest BCUT2D eigenvalue weighted by Crippen LogP contribution is -2.45. The Hall–Kier alpha value is -3.60. The third-order valence-corrected chi connectivity index (χ3v) is 4.73. The molecule has 140 valence electrons. The van der Waals surface area contributed by atoms with E-state index in [0.29, 0.717) is 28.2 Å². The standard InChI is InChI=1S/C23H19NO4/c1-15-7-9-16(10-8-15)21(25)24-22(26)19-5-3-4-6-20(19)28-23(24)17-11-13-18(27-2)14-12-17/h3-14,23H,1-2H3/t23-/m1/s1. The lowest BCUT2D eigenvalue weighted by molar-refractivity contribution is 0.0107. The maximum atomic E-state index is 13.2. The molecule has 0 aromatic heterocycles. The van der Waals surface area contributed by atoms with Crippen molar-refractivity contribution in [3.63, 3.8) is 0 Å². The second-order valence-corrected chi connectivity index (χ2v) is 6.59. The van der Waals surface area contributed by atoms with Gasteiger partial charge in [0.1, 0.15) is 11.5 Å². The zero-order valence-corrected chi connectivity index (χ0v) is 15.6. The fraction of sp³-hybridized carbons (Fsp3) is 0.130. The average molecular weight is 373 g/mol. The molecule has 3 aromatic carbocycles. The largest absolute Gasteiger partial charge is 0.497 e. The Morgan fingerprint density at radius 3 is 2.32 bits per heavy atom. The molecule has 0 saturated carbocycles. The number of amides is 2. The Morgan fingerprint density at radius 2 is 1.64 bits per heavy atom. The van der Waals surface area contributed by atoms with Crippen molar-refractivity contribution in [3.8, 4) is 11.5 Å². The van der Waals surface area contributed by atoms with E-state index in [2.05, 4.69) is 0 Å². The van der Waals surface area contributed by atoms with Crippen LogP contribution in [0, 0.1) is 6.92 Å². The Morgan fingerprint density at radius 1 is 0.964 bits per heavy atom. The van der Waals surface area contributed by atoms with Crippen LogP contribution in [0.1, 0.15) is 38.1 Å². The van der Waals surface area contributed by atoms with Crippen LogP contribution in [0.2, 0.25) is 0 Å². The first-order valence-electron chi connectivity index (χ1n) is 8.92. The van der Waals surface area contributed by atoms with Crippen molar-refractivity contribution in [2.75, 3.05) is 7.11 Å². The normalized spacial score (nSPS) is 15.6. The van der Waals surface area contributed by atoms with E-state index in [-0.39, 0.29) is 5.91 Å². The first kappa shape index (κ1) is 17.8. The Labute approximate surface area is 163 Å². The lowest BCUT2D eigenvalue weighted by atomic mass is 10.0. The minimum atomic E-state index is -0.859. The van der Waals surface area contributed by atoms with Crippen LogP contribution in [0.4, 0.5) is 0 Å². The summed E-state index contributed by atoms with van der Waals surface area (Å²) in [6.45, 7) is 1.94. The summed E-state index contributed by atoms with van der Waals surface area (Å²) in [6, 6.07) is 21.2. The highest BCUT2D eigenvalue weighted by atomic mass is 16.5. The van der Waals surface area contributed by atoms with Gasteiger partial charge in [-0.3, -0.25) is 9.59 Å². The van der Waals surface area contributed by atoms with Crippen LogP contribution in [-0.4, -0.2) is 23.8 Å². The number of benzene rings is 3. The number of rotatable bonds is 3. The fourth-order valence-corrected chi connectivity index (χ4v) is 3.17. The van der Waals surface area contributed by atoms with Crippen molar-refractivity contribution in [3.05, 3.63) is 95.1 Å². The zero-order valence-electron chi connectivity index (χ0n) is 15.6. The van der Waals surface area contributed by atoms with E-state index in [1.165, 1.54) is 4.90 Å². The SMILES string of the molecule is COc1ccc([C@H]2Oc3ccccc3C(=O)N2C(=O)c2ccc(C)cc2)cc1. The lowest BCUT2D eigenvalue weighted by Gasteiger charge is -2.35. The molecule has 1 aliphatic rings. The summed E-state index contributed by atoms with van der Waals surface area (Å²) in [5.74, 6) is 0.359. The van der Waals surface area contributed by atoms with Gasteiger partial charge in [-0.2, -0.15) is 0 Å². The van der Waals surface area contributed by atoms with E-state index in [1.54, 1.807) is 67.8 Å². The number of imide groups is 1. The molecule has 4 rings (SSSR count). The molecule has 1 aliphatic heterocycles. The van der Waals surface area contributed by atoms with Gasteiger partial charge in [-0.1, -0.05) is 29.8 Å². The Balaban J connectivity index is 1.79. The van der Waals surface area contributed by atoms with Crippen LogP contribution in [0.25, 0.3) is 0 Å². The molecular weight excluding hydrogens is 354 g/mol. The van der Waals surface area contributed by atoms with E-state index in [0.717, 1.165) is 5.56 Å². The molecular formula is C23H19NO4. The maximum absolute atomic E-state index is 13.2. The molecule has 0 aliphatic carbocycles. The number of hydrogen-bond acceptors (Lipinski definition) is 4. The van der Waals surface area contributed by atoms with Crippen molar-refractivity contribution in [1.29, 1.82) is 0 Å². The van der Waals surface area contributed by atoms with Crippen molar-refractivity contribution in [2.45, 2.75) is 13.2 Å². The summed E-state index contributed by atoms with van der Waals surface area (Å²) in [5.41, 5.74) is 2.52. The topological polar surface area (TPSA) is 55.8 Å². The van der Waals surface area contributed by atoms with Gasteiger partial charge in [0.2, 0.25) is 6.23 Å². The van der Waals surface area contributed by atoms with Gasteiger partial charge < -0.3 is 9.47 Å². The van der Waals surface area contributed by atoms with Crippen LogP contribution < -0.4 is 9.47 Å². The molecule has 1 atom stereocenters. The summed E-state index contributed by atoms with van der Waals surface area (Å²) in [5, 5.41) is 0. The van der Waals surface area contributed by atoms with Crippen LogP contribution in [-0.2, 0) is 0 Å². The van der Waals surface area contributed by atoms with Crippen LogP contribution >= 0.6 is 0 Å². The number of carbonyl (C=O) groups excluding carboxylic acids is 2. The summed E-state index contributed by atoms with van der Waals surface area (Å²) < 4.78 is 11.3. The first-order valence-corrected chi connectivity index (χ1v) is 8.92. The molecule has 0 unspecified atom stereocenters. The average Bonchev–Trinajstić information content (AvgIpc) is 2.74. The van der Waals surface area contributed by atoms with Gasteiger partial charge >= 0.3 is 0 Å². The van der Waals surface area contributed by atoms with Gasteiger partial charge in [-0.15, -0.1) is 0 Å². The van der Waals surface area contributed by atoms with Crippen molar-refractivity contribution in [2.24, 2.45) is 0 Å². The second kappa shape index (κ2) is 7.19. The number of ether oxygens (including phenoxy) is 2.